The Morgan fingerprint density at radius 3 is 2.24 bits per heavy atom. The fraction of sp³-hybridized carbons (Fsp3) is 0.394. The molecular weight excluding hydrogens is 492 g/mol. The molecule has 0 aromatic heterocycles. The van der Waals surface area contributed by atoms with E-state index in [4.69, 9.17) is 9.47 Å². The first-order valence-electron chi connectivity index (χ1n) is 13.6. The lowest BCUT2D eigenvalue weighted by Crippen LogP contribution is -2.36. The van der Waals surface area contributed by atoms with Gasteiger partial charge in [-0.05, 0) is 98.5 Å². The van der Waals surface area contributed by atoms with Crippen molar-refractivity contribution < 1.29 is 13.9 Å². The molecule has 2 aliphatic carbocycles. The van der Waals surface area contributed by atoms with Gasteiger partial charge in [-0.15, -0.1) is 0 Å². The fourth-order valence-corrected chi connectivity index (χ4v) is 6.27. The normalized spacial score (nSPS) is 19.1. The van der Waals surface area contributed by atoms with Crippen molar-refractivity contribution in [3.05, 3.63) is 101 Å². The predicted octanol–water partition coefficient (Wildman–Crippen LogP) is 6.68. The molecule has 2 aromatic carbocycles. The van der Waals surface area contributed by atoms with Gasteiger partial charge in [0.05, 0.1) is 0 Å². The van der Waals surface area contributed by atoms with E-state index in [2.05, 4.69) is 86.8 Å². The molecule has 3 atom stereocenters. The maximum atomic E-state index is 14.3. The molecule has 1 N–H and O–H groups in total. The highest BCUT2D eigenvalue weighted by Crippen LogP contribution is 2.32. The van der Waals surface area contributed by atoms with Gasteiger partial charge < -0.3 is 14.8 Å². The second-order valence-corrected chi connectivity index (χ2v) is 12.6. The van der Waals surface area contributed by atoms with Crippen LogP contribution in [0.3, 0.4) is 0 Å². The lowest BCUT2D eigenvalue weighted by molar-refractivity contribution is 0.0511. The van der Waals surface area contributed by atoms with E-state index < -0.39 is 0 Å². The van der Waals surface area contributed by atoms with Crippen LogP contribution in [0, 0.1) is 17.7 Å². The van der Waals surface area contributed by atoms with Gasteiger partial charge in [-0.3, -0.25) is 0 Å². The Morgan fingerprint density at radius 2 is 1.61 bits per heavy atom. The lowest BCUT2D eigenvalue weighted by atomic mass is 9.89. The second kappa shape index (κ2) is 13.5. The summed E-state index contributed by atoms with van der Waals surface area (Å²) in [5.41, 5.74) is 3.47. The maximum absolute atomic E-state index is 14.3. The summed E-state index contributed by atoms with van der Waals surface area (Å²) in [6.45, 7) is 7.20. The number of rotatable bonds is 11. The zero-order chi connectivity index (χ0) is 27.0. The number of allylic oxidation sites excluding steroid dienone is 8. The number of ether oxygens (including phenoxy) is 2. The Labute approximate surface area is 229 Å². The molecule has 202 valence electrons. The summed E-state index contributed by atoms with van der Waals surface area (Å²) in [6.07, 6.45) is 21.6. The molecule has 2 aromatic rings. The minimum atomic E-state index is -0.205. The van der Waals surface area contributed by atoms with E-state index in [1.165, 1.54) is 11.1 Å². The molecule has 0 aliphatic heterocycles. The molecule has 4 rings (SSSR count). The molecule has 0 amide bonds. The molecule has 0 bridgehead atoms. The monoisotopic (exact) mass is 533 g/mol. The molecular formula is C33H41FNO2P. The first kappa shape index (κ1) is 28.5. The number of benzene rings is 2. The number of halogens is 1. The Kier molecular flexibility index (Phi) is 10.1. The quantitative estimate of drug-likeness (QED) is 0.258. The van der Waals surface area contributed by atoms with Crippen LogP contribution in [-0.2, 0) is 24.1 Å². The predicted molar refractivity (Wildman–Crippen MR) is 160 cm³/mol. The van der Waals surface area contributed by atoms with Gasteiger partial charge in [-0.2, -0.15) is 0 Å². The van der Waals surface area contributed by atoms with E-state index in [1.807, 2.05) is 6.07 Å². The summed E-state index contributed by atoms with van der Waals surface area (Å²) in [4.78, 5) is 0. The molecule has 0 fully saturated rings. The Morgan fingerprint density at radius 1 is 0.895 bits per heavy atom. The van der Waals surface area contributed by atoms with E-state index in [0.717, 1.165) is 47.6 Å². The van der Waals surface area contributed by atoms with Gasteiger partial charge in [0.1, 0.15) is 11.6 Å². The lowest BCUT2D eigenvalue weighted by Gasteiger charge is -2.24. The Balaban J connectivity index is 1.72. The van der Waals surface area contributed by atoms with Crippen molar-refractivity contribution >= 4 is 19.2 Å². The van der Waals surface area contributed by atoms with Crippen LogP contribution in [0.1, 0.15) is 50.3 Å². The fourth-order valence-electron chi connectivity index (χ4n) is 4.89. The highest BCUT2D eigenvalue weighted by atomic mass is 31.1. The number of hydrogen-bond donors (Lipinski definition) is 1. The van der Waals surface area contributed by atoms with Crippen LogP contribution in [0.2, 0.25) is 0 Å². The number of hydrogen-bond acceptors (Lipinski definition) is 3. The van der Waals surface area contributed by atoms with Crippen LogP contribution in [0.25, 0.3) is 0 Å². The van der Waals surface area contributed by atoms with Gasteiger partial charge in [-0.25, -0.2) is 4.39 Å². The summed E-state index contributed by atoms with van der Waals surface area (Å²) in [7, 11) is 2.00. The molecule has 5 heteroatoms. The third-order valence-electron chi connectivity index (χ3n) is 6.81. The third kappa shape index (κ3) is 8.50. The van der Waals surface area contributed by atoms with Gasteiger partial charge in [0, 0.05) is 24.5 Å². The van der Waals surface area contributed by atoms with E-state index in [1.54, 1.807) is 19.2 Å². The summed E-state index contributed by atoms with van der Waals surface area (Å²) < 4.78 is 25.9. The average molecular weight is 534 g/mol. The van der Waals surface area contributed by atoms with Gasteiger partial charge in [0.15, 0.2) is 6.79 Å². The van der Waals surface area contributed by atoms with E-state index in [-0.39, 0.29) is 18.1 Å². The summed E-state index contributed by atoms with van der Waals surface area (Å²) in [6, 6.07) is 9.81. The Bertz CT molecular complexity index is 1210. The van der Waals surface area contributed by atoms with Gasteiger partial charge in [-0.1, -0.05) is 69.3 Å². The van der Waals surface area contributed by atoms with E-state index >= 15 is 0 Å². The maximum Gasteiger partial charge on any atom is 0.188 e. The number of methoxy groups -OCH3 is 1. The summed E-state index contributed by atoms with van der Waals surface area (Å²) >= 11 is 0. The number of nitrogens with one attached hydrogen (secondary N) is 1. The summed E-state index contributed by atoms with van der Waals surface area (Å²) in [5, 5.41) is 5.82. The first-order valence-corrected chi connectivity index (χ1v) is 14.6. The van der Waals surface area contributed by atoms with Crippen molar-refractivity contribution in [2.45, 2.75) is 58.5 Å². The van der Waals surface area contributed by atoms with Crippen LogP contribution < -0.4 is 20.7 Å². The Hall–Kier alpha value is -2.52. The molecule has 2 aliphatic rings. The molecule has 0 spiro atoms. The largest absolute Gasteiger partial charge is 0.467 e. The zero-order valence-corrected chi connectivity index (χ0v) is 24.1. The standard InChI is InChI=1S/C33H41FNO2P/c1-33(2,3)35-22-28-21-29(34)15-16-30(28)38-31-20-26(17-24-11-7-5-8-12-24)19-27(32(31)37-23-36-4)18-25-13-9-6-10-14-25/h5-11,13,15-16,19-21,24-25,35,38H,12,14,17-18,22-23H2,1-4H3. The van der Waals surface area contributed by atoms with Crippen molar-refractivity contribution in [3.8, 4) is 5.75 Å². The highest BCUT2D eigenvalue weighted by molar-refractivity contribution is 7.55. The van der Waals surface area contributed by atoms with Crippen molar-refractivity contribution in [1.82, 2.24) is 5.32 Å². The topological polar surface area (TPSA) is 30.5 Å². The van der Waals surface area contributed by atoms with Crippen LogP contribution in [0.15, 0.2) is 78.9 Å². The molecule has 0 radical (unpaired) electrons. The SMILES string of the molecule is COCOc1c(CC2C=CC=CC2)cc(CC2C=CC=CC2)cc1Pc1ccc(F)cc1CNC(C)(C)C. The third-order valence-corrected chi connectivity index (χ3v) is 8.21. The van der Waals surface area contributed by atoms with Gasteiger partial charge in [0.2, 0.25) is 0 Å². The zero-order valence-electron chi connectivity index (χ0n) is 23.1. The molecule has 0 saturated carbocycles. The molecule has 3 nitrogen and oxygen atoms in total. The van der Waals surface area contributed by atoms with Gasteiger partial charge >= 0.3 is 0 Å². The second-order valence-electron chi connectivity index (χ2n) is 11.2. The van der Waals surface area contributed by atoms with Crippen LogP contribution in [-0.4, -0.2) is 19.4 Å². The van der Waals surface area contributed by atoms with Crippen molar-refractivity contribution in [2.24, 2.45) is 11.8 Å². The minimum Gasteiger partial charge on any atom is -0.467 e. The van der Waals surface area contributed by atoms with Crippen molar-refractivity contribution in [1.29, 1.82) is 0 Å². The molecule has 0 heterocycles. The average Bonchev–Trinajstić information content (AvgIpc) is 2.89. The van der Waals surface area contributed by atoms with Crippen molar-refractivity contribution in [2.75, 3.05) is 13.9 Å². The highest BCUT2D eigenvalue weighted by Gasteiger charge is 2.20. The first-order chi connectivity index (χ1) is 18.3. The van der Waals surface area contributed by atoms with Crippen LogP contribution in [0.5, 0.6) is 5.75 Å². The summed E-state index contributed by atoms with van der Waals surface area (Å²) in [5.74, 6) is 1.63. The minimum absolute atomic E-state index is 0.0591. The van der Waals surface area contributed by atoms with E-state index in [0.29, 0.717) is 27.0 Å². The van der Waals surface area contributed by atoms with Crippen LogP contribution in [0.4, 0.5) is 4.39 Å². The van der Waals surface area contributed by atoms with Crippen LogP contribution >= 0.6 is 8.58 Å². The molecule has 3 unspecified atom stereocenters. The molecule has 38 heavy (non-hydrogen) atoms. The van der Waals surface area contributed by atoms with E-state index in [9.17, 15) is 4.39 Å². The van der Waals surface area contributed by atoms with Crippen molar-refractivity contribution in [3.63, 3.8) is 0 Å². The molecule has 0 saturated heterocycles. The smallest absolute Gasteiger partial charge is 0.188 e. The van der Waals surface area contributed by atoms with Gasteiger partial charge in [0.25, 0.3) is 0 Å².